The molecule has 184 valence electrons. The Morgan fingerprint density at radius 3 is 2.39 bits per heavy atom. The van der Waals surface area contributed by atoms with Crippen molar-refractivity contribution in [1.29, 1.82) is 0 Å². The van der Waals surface area contributed by atoms with Gasteiger partial charge >= 0.3 is 5.97 Å². The van der Waals surface area contributed by atoms with Gasteiger partial charge in [-0.2, -0.15) is 0 Å². The molecule has 1 aliphatic heterocycles. The van der Waals surface area contributed by atoms with Crippen molar-refractivity contribution in [3.8, 4) is 0 Å². The van der Waals surface area contributed by atoms with E-state index in [9.17, 15) is 23.2 Å². The van der Waals surface area contributed by atoms with Gasteiger partial charge in [-0.1, -0.05) is 36.0 Å². The number of carboxylic acid groups (broad SMARTS) is 1. The zero-order valence-corrected chi connectivity index (χ0v) is 19.7. The van der Waals surface area contributed by atoms with Crippen LogP contribution < -0.4 is 5.32 Å². The Morgan fingerprint density at radius 1 is 1.03 bits per heavy atom. The van der Waals surface area contributed by atoms with Crippen LogP contribution in [-0.4, -0.2) is 44.8 Å². The van der Waals surface area contributed by atoms with E-state index in [-0.39, 0.29) is 41.1 Å². The van der Waals surface area contributed by atoms with Crippen LogP contribution in [0.1, 0.15) is 22.3 Å². The highest BCUT2D eigenvalue weighted by molar-refractivity contribution is 8.15. The van der Waals surface area contributed by atoms with Gasteiger partial charge in [-0.15, -0.1) is 0 Å². The zero-order valence-electron chi connectivity index (χ0n) is 18.9. The second-order valence-corrected chi connectivity index (χ2v) is 9.12. The lowest BCUT2D eigenvalue weighted by Gasteiger charge is -2.32. The van der Waals surface area contributed by atoms with E-state index in [0.29, 0.717) is 12.1 Å². The monoisotopic (exact) mass is 509 g/mol. The van der Waals surface area contributed by atoms with Gasteiger partial charge in [-0.25, -0.2) is 18.6 Å². The summed E-state index contributed by atoms with van der Waals surface area (Å²) in [5.41, 5.74) is 1.30. The van der Waals surface area contributed by atoms with Crippen molar-refractivity contribution in [3.05, 3.63) is 95.6 Å². The highest BCUT2D eigenvalue weighted by Gasteiger charge is 2.36. The van der Waals surface area contributed by atoms with E-state index in [4.69, 9.17) is 5.11 Å². The van der Waals surface area contributed by atoms with Crippen LogP contribution in [0.2, 0.25) is 0 Å². The molecule has 2 N–H and O–H groups in total. The fourth-order valence-corrected chi connectivity index (χ4v) is 4.64. The Balaban J connectivity index is 1.54. The highest BCUT2D eigenvalue weighted by Crippen LogP contribution is 2.31. The number of amidine groups is 1. The lowest BCUT2D eigenvalue weighted by atomic mass is 10.1. The Hall–Kier alpha value is -4.05. The van der Waals surface area contributed by atoms with Crippen molar-refractivity contribution >= 4 is 46.1 Å². The summed E-state index contributed by atoms with van der Waals surface area (Å²) in [6, 6.07) is 17.4. The second kappa shape index (κ2) is 11.1. The summed E-state index contributed by atoms with van der Waals surface area (Å²) in [7, 11) is 0. The molecule has 1 saturated heterocycles. The molecule has 1 heterocycles. The Bertz CT molecular complexity index is 1310. The van der Waals surface area contributed by atoms with E-state index in [1.807, 2.05) is 0 Å². The molecule has 1 aliphatic rings. The number of amides is 2. The topological polar surface area (TPSA) is 99.1 Å². The summed E-state index contributed by atoms with van der Waals surface area (Å²) in [5, 5.41) is 11.1. The lowest BCUT2D eigenvalue weighted by molar-refractivity contribution is -0.129. The van der Waals surface area contributed by atoms with E-state index < -0.39 is 22.9 Å². The highest BCUT2D eigenvalue weighted by atomic mass is 32.2. The molecule has 10 heteroatoms. The number of nitrogens with zero attached hydrogens (tertiary/aromatic N) is 2. The molecule has 3 aromatic carbocycles. The van der Waals surface area contributed by atoms with Crippen LogP contribution >= 0.6 is 11.8 Å². The molecular weight excluding hydrogens is 488 g/mol. The number of nitrogens with one attached hydrogen (secondary N) is 1. The Morgan fingerprint density at radius 2 is 1.72 bits per heavy atom. The number of anilines is 1. The number of hydrogen-bond acceptors (Lipinski definition) is 5. The second-order valence-electron chi connectivity index (χ2n) is 7.95. The van der Waals surface area contributed by atoms with Gasteiger partial charge in [0.25, 0.3) is 0 Å². The SMILES string of the molecule is O=C(O)c1ccc(NC(=O)[C@@H]2CC(=O)N(CCc3ccc(F)cc3)C(=Nc3ccccc3F)S2)cc1. The molecule has 0 aliphatic carbocycles. The molecule has 1 atom stereocenters. The Kier molecular flexibility index (Phi) is 7.74. The smallest absolute Gasteiger partial charge is 0.335 e. The van der Waals surface area contributed by atoms with Crippen LogP contribution in [0, 0.1) is 11.6 Å². The number of carboxylic acids is 1. The minimum atomic E-state index is -1.09. The number of halogens is 2. The van der Waals surface area contributed by atoms with E-state index in [2.05, 4.69) is 10.3 Å². The van der Waals surface area contributed by atoms with Crippen LogP contribution in [-0.2, 0) is 16.0 Å². The molecule has 2 amide bonds. The van der Waals surface area contributed by atoms with Crippen LogP contribution in [0.4, 0.5) is 20.2 Å². The molecule has 4 rings (SSSR count). The van der Waals surface area contributed by atoms with E-state index in [0.717, 1.165) is 17.3 Å². The largest absolute Gasteiger partial charge is 0.478 e. The summed E-state index contributed by atoms with van der Waals surface area (Å²) in [5.74, 6) is -2.84. The van der Waals surface area contributed by atoms with Gasteiger partial charge in [0.05, 0.1) is 5.56 Å². The summed E-state index contributed by atoms with van der Waals surface area (Å²) in [6.45, 7) is 0.218. The number of carbonyl (C=O) groups is 3. The van der Waals surface area contributed by atoms with Crippen LogP contribution in [0.15, 0.2) is 77.8 Å². The third kappa shape index (κ3) is 6.14. The molecule has 0 spiro atoms. The van der Waals surface area contributed by atoms with Crippen LogP contribution in [0.25, 0.3) is 0 Å². The molecular formula is C26H21F2N3O4S. The molecule has 3 aromatic rings. The van der Waals surface area contributed by atoms with Crippen molar-refractivity contribution in [2.24, 2.45) is 4.99 Å². The first-order valence-electron chi connectivity index (χ1n) is 11.0. The Labute approximate surface area is 209 Å². The fraction of sp³-hybridized carbons (Fsp3) is 0.154. The molecule has 0 radical (unpaired) electrons. The molecule has 36 heavy (non-hydrogen) atoms. The number of hydrogen-bond donors (Lipinski definition) is 2. The average Bonchev–Trinajstić information content (AvgIpc) is 2.86. The third-order valence-electron chi connectivity index (χ3n) is 5.44. The van der Waals surface area contributed by atoms with Crippen LogP contribution in [0.5, 0.6) is 0 Å². The number of para-hydroxylation sites is 1. The summed E-state index contributed by atoms with van der Waals surface area (Å²) in [6.07, 6.45) is 0.305. The number of aromatic carboxylic acids is 1. The first-order chi connectivity index (χ1) is 17.3. The van der Waals surface area contributed by atoms with Crippen molar-refractivity contribution in [3.63, 3.8) is 0 Å². The number of thioether (sulfide) groups is 1. The zero-order chi connectivity index (χ0) is 25.7. The molecule has 0 unspecified atom stereocenters. The number of rotatable bonds is 7. The lowest BCUT2D eigenvalue weighted by Crippen LogP contribution is -2.46. The third-order valence-corrected chi connectivity index (χ3v) is 6.63. The van der Waals surface area contributed by atoms with Gasteiger partial charge in [0.1, 0.15) is 22.6 Å². The van der Waals surface area contributed by atoms with Crippen LogP contribution in [0.3, 0.4) is 0 Å². The van der Waals surface area contributed by atoms with Gasteiger partial charge in [0, 0.05) is 18.7 Å². The summed E-state index contributed by atoms with van der Waals surface area (Å²) >= 11 is 1.04. The van der Waals surface area contributed by atoms with E-state index in [1.165, 1.54) is 59.5 Å². The van der Waals surface area contributed by atoms with E-state index in [1.54, 1.807) is 18.2 Å². The van der Waals surface area contributed by atoms with Gasteiger partial charge in [-0.3, -0.25) is 14.5 Å². The first-order valence-corrected chi connectivity index (χ1v) is 11.9. The molecule has 0 aromatic heterocycles. The van der Waals surface area contributed by atoms with Crippen molar-refractivity contribution in [1.82, 2.24) is 4.90 Å². The summed E-state index contributed by atoms with van der Waals surface area (Å²) < 4.78 is 27.5. The number of benzene rings is 3. The average molecular weight is 510 g/mol. The fourth-order valence-electron chi connectivity index (χ4n) is 3.52. The minimum absolute atomic E-state index is 0.0323. The standard InChI is InChI=1S/C26H21F2N3O4S/c27-18-9-5-16(6-10-18)13-14-31-23(32)15-22(36-26(31)30-21-4-2-1-3-20(21)28)24(33)29-19-11-7-17(8-12-19)25(34)35/h1-12,22H,13-15H2,(H,29,33)(H,34,35)/t22-/m0/s1. The number of aliphatic imine (C=N–C) groups is 1. The maximum atomic E-state index is 14.3. The quantitative estimate of drug-likeness (QED) is 0.474. The first kappa shape index (κ1) is 25.1. The van der Waals surface area contributed by atoms with Crippen molar-refractivity contribution in [2.75, 3.05) is 11.9 Å². The van der Waals surface area contributed by atoms with Crippen molar-refractivity contribution in [2.45, 2.75) is 18.1 Å². The summed E-state index contributed by atoms with van der Waals surface area (Å²) in [4.78, 5) is 42.8. The normalized spacial score (nSPS) is 16.7. The predicted octanol–water partition coefficient (Wildman–Crippen LogP) is 4.87. The molecule has 0 saturated carbocycles. The molecule has 0 bridgehead atoms. The maximum absolute atomic E-state index is 14.3. The van der Waals surface area contributed by atoms with E-state index >= 15 is 0 Å². The minimum Gasteiger partial charge on any atom is -0.478 e. The number of carbonyl (C=O) groups excluding carboxylic acids is 2. The van der Waals surface area contributed by atoms with Gasteiger partial charge in [0.2, 0.25) is 11.8 Å². The van der Waals surface area contributed by atoms with Gasteiger partial charge in [0.15, 0.2) is 5.17 Å². The predicted molar refractivity (Wildman–Crippen MR) is 133 cm³/mol. The molecule has 7 nitrogen and oxygen atoms in total. The van der Waals surface area contributed by atoms with Gasteiger partial charge < -0.3 is 10.4 Å². The van der Waals surface area contributed by atoms with Crippen molar-refractivity contribution < 1.29 is 28.3 Å². The molecule has 1 fully saturated rings. The van der Waals surface area contributed by atoms with Gasteiger partial charge in [-0.05, 0) is 60.5 Å². The maximum Gasteiger partial charge on any atom is 0.335 e.